The number of rotatable bonds is 7. The van der Waals surface area contributed by atoms with Gasteiger partial charge in [0.2, 0.25) is 0 Å². The highest BCUT2D eigenvalue weighted by atomic mass is 32.2. The molecule has 0 aliphatic carbocycles. The van der Waals surface area contributed by atoms with Crippen molar-refractivity contribution in [2.24, 2.45) is 0 Å². The lowest BCUT2D eigenvalue weighted by Gasteiger charge is -2.11. The number of nitrogens with zero attached hydrogens (tertiary/aromatic N) is 3. The second kappa shape index (κ2) is 7.72. The van der Waals surface area contributed by atoms with Crippen molar-refractivity contribution < 1.29 is 13.3 Å². The molecule has 7 nitrogen and oxygen atoms in total. The third kappa shape index (κ3) is 4.03. The second-order valence-corrected chi connectivity index (χ2v) is 6.50. The van der Waals surface area contributed by atoms with Crippen LogP contribution >= 0.6 is 0 Å². The van der Waals surface area contributed by atoms with Crippen LogP contribution in [-0.4, -0.2) is 43.3 Å². The third-order valence-electron chi connectivity index (χ3n) is 3.37. The number of nitrogens with one attached hydrogen (secondary N) is 3. The molecule has 3 heterocycles. The molecule has 3 aromatic heterocycles. The molecule has 0 fully saturated rings. The summed E-state index contributed by atoms with van der Waals surface area (Å²) in [6.45, 7) is 2.71. The number of aromatic amines is 1. The SMILES string of the molecule is CCN[S+]([O-])CCNc1nc(-c2c[nH]c3ncc(F)cc23)ncc1F. The molecule has 0 bridgehead atoms. The monoisotopic (exact) mass is 366 g/mol. The normalized spacial score (nSPS) is 12.5. The summed E-state index contributed by atoms with van der Waals surface area (Å²) in [5.74, 6) is -0.580. The largest absolute Gasteiger partial charge is 0.598 e. The van der Waals surface area contributed by atoms with Gasteiger partial charge in [-0.2, -0.15) is 0 Å². The highest BCUT2D eigenvalue weighted by Crippen LogP contribution is 2.26. The maximum absolute atomic E-state index is 13.9. The van der Waals surface area contributed by atoms with Crippen LogP contribution in [-0.2, 0) is 11.4 Å². The minimum Gasteiger partial charge on any atom is -0.598 e. The molecule has 10 heteroatoms. The zero-order valence-electron chi connectivity index (χ0n) is 13.3. The van der Waals surface area contributed by atoms with Gasteiger partial charge in [-0.15, -0.1) is 4.72 Å². The Morgan fingerprint density at radius 2 is 2.12 bits per heavy atom. The van der Waals surface area contributed by atoms with Crippen LogP contribution in [0.2, 0.25) is 0 Å². The van der Waals surface area contributed by atoms with E-state index in [0.717, 1.165) is 12.4 Å². The van der Waals surface area contributed by atoms with E-state index in [1.807, 2.05) is 6.92 Å². The van der Waals surface area contributed by atoms with E-state index in [2.05, 4.69) is 30.0 Å². The van der Waals surface area contributed by atoms with Gasteiger partial charge in [0, 0.05) is 35.1 Å². The van der Waals surface area contributed by atoms with Gasteiger partial charge in [0.1, 0.15) is 17.2 Å². The van der Waals surface area contributed by atoms with Gasteiger partial charge in [-0.25, -0.2) is 23.7 Å². The Labute approximate surface area is 145 Å². The number of halogens is 2. The van der Waals surface area contributed by atoms with Crippen molar-refractivity contribution in [3.8, 4) is 11.4 Å². The number of aromatic nitrogens is 4. The fourth-order valence-electron chi connectivity index (χ4n) is 2.28. The van der Waals surface area contributed by atoms with Crippen molar-refractivity contribution in [2.75, 3.05) is 24.2 Å². The Kier molecular flexibility index (Phi) is 5.41. The van der Waals surface area contributed by atoms with Crippen molar-refractivity contribution >= 4 is 28.2 Å². The van der Waals surface area contributed by atoms with E-state index in [1.165, 1.54) is 6.07 Å². The predicted octanol–water partition coefficient (Wildman–Crippen LogP) is 1.98. The second-order valence-electron chi connectivity index (χ2n) is 5.12. The summed E-state index contributed by atoms with van der Waals surface area (Å²) in [5, 5.41) is 3.31. The van der Waals surface area contributed by atoms with Gasteiger partial charge in [-0.3, -0.25) is 0 Å². The van der Waals surface area contributed by atoms with E-state index in [-0.39, 0.29) is 18.2 Å². The summed E-state index contributed by atoms with van der Waals surface area (Å²) >= 11 is -1.19. The van der Waals surface area contributed by atoms with E-state index < -0.39 is 23.0 Å². The van der Waals surface area contributed by atoms with Gasteiger partial charge in [0.25, 0.3) is 0 Å². The molecule has 0 saturated heterocycles. The average Bonchev–Trinajstić information content (AvgIpc) is 3.00. The summed E-state index contributed by atoms with van der Waals surface area (Å²) in [6.07, 6.45) is 3.73. The van der Waals surface area contributed by atoms with Crippen molar-refractivity contribution in [3.63, 3.8) is 0 Å². The van der Waals surface area contributed by atoms with Gasteiger partial charge >= 0.3 is 0 Å². The molecule has 3 aromatic rings. The van der Waals surface area contributed by atoms with Gasteiger partial charge < -0.3 is 14.9 Å². The van der Waals surface area contributed by atoms with E-state index >= 15 is 0 Å². The molecule has 0 aromatic carbocycles. The summed E-state index contributed by atoms with van der Waals surface area (Å²) in [5.41, 5.74) is 1.00. The van der Waals surface area contributed by atoms with Crippen LogP contribution in [0.1, 0.15) is 6.92 Å². The smallest absolute Gasteiger partial charge is 0.183 e. The third-order valence-corrected chi connectivity index (χ3v) is 4.55. The minimum atomic E-state index is -1.19. The lowest BCUT2D eigenvalue weighted by molar-refractivity contribution is 0.582. The molecule has 0 saturated carbocycles. The number of hydrogen-bond donors (Lipinski definition) is 3. The van der Waals surface area contributed by atoms with Crippen LogP contribution in [0.4, 0.5) is 14.6 Å². The summed E-state index contributed by atoms with van der Waals surface area (Å²) in [6, 6.07) is 1.31. The van der Waals surface area contributed by atoms with Gasteiger partial charge in [-0.1, -0.05) is 0 Å². The molecular weight excluding hydrogens is 350 g/mol. The summed E-state index contributed by atoms with van der Waals surface area (Å²) < 4.78 is 41.6. The van der Waals surface area contributed by atoms with Gasteiger partial charge in [-0.05, 0) is 13.0 Å². The molecule has 0 radical (unpaired) electrons. The highest BCUT2D eigenvalue weighted by molar-refractivity contribution is 7.89. The van der Waals surface area contributed by atoms with Gasteiger partial charge in [0.05, 0.1) is 18.9 Å². The van der Waals surface area contributed by atoms with Gasteiger partial charge in [0.15, 0.2) is 17.5 Å². The standard InChI is InChI=1S/C15H16F2N6OS/c1-2-22-25(24)4-3-18-15-12(17)8-21-14(23-15)11-7-20-13-10(11)5-9(16)6-19-13/h5-8,22H,2-4H2,1H3,(H,19,20)(H,18,21,23). The summed E-state index contributed by atoms with van der Waals surface area (Å²) in [4.78, 5) is 15.0. The number of anilines is 1. The first-order chi connectivity index (χ1) is 12.1. The highest BCUT2D eigenvalue weighted by Gasteiger charge is 2.14. The Bertz CT molecular complexity index is 874. The topological polar surface area (TPSA) is 102 Å². The Morgan fingerprint density at radius 1 is 1.28 bits per heavy atom. The van der Waals surface area contributed by atoms with E-state index in [1.54, 1.807) is 6.20 Å². The lowest BCUT2D eigenvalue weighted by Crippen LogP contribution is -2.29. The van der Waals surface area contributed by atoms with E-state index in [4.69, 9.17) is 0 Å². The van der Waals surface area contributed by atoms with Crippen molar-refractivity contribution in [3.05, 3.63) is 36.3 Å². The zero-order valence-corrected chi connectivity index (χ0v) is 14.2. The van der Waals surface area contributed by atoms with E-state index in [0.29, 0.717) is 28.9 Å². The number of fused-ring (bicyclic) bond motifs is 1. The Morgan fingerprint density at radius 3 is 2.92 bits per heavy atom. The number of H-pyrrole nitrogens is 1. The predicted molar refractivity (Wildman–Crippen MR) is 92.2 cm³/mol. The molecule has 0 aliphatic rings. The Hall–Kier alpha value is -2.30. The van der Waals surface area contributed by atoms with Crippen LogP contribution in [0.25, 0.3) is 22.4 Å². The fraction of sp³-hybridized carbons (Fsp3) is 0.267. The molecule has 1 unspecified atom stereocenters. The lowest BCUT2D eigenvalue weighted by atomic mass is 10.2. The van der Waals surface area contributed by atoms with Crippen LogP contribution in [0.3, 0.4) is 0 Å². The molecule has 0 aliphatic heterocycles. The molecule has 132 valence electrons. The van der Waals surface area contributed by atoms with Crippen molar-refractivity contribution in [2.45, 2.75) is 6.92 Å². The number of hydrogen-bond acceptors (Lipinski definition) is 6. The summed E-state index contributed by atoms with van der Waals surface area (Å²) in [7, 11) is 0. The molecule has 25 heavy (non-hydrogen) atoms. The first kappa shape index (κ1) is 17.5. The quantitative estimate of drug-likeness (QED) is 0.553. The van der Waals surface area contributed by atoms with E-state index in [9.17, 15) is 13.3 Å². The molecular formula is C15H16F2N6OS. The first-order valence-corrected chi connectivity index (χ1v) is 8.91. The molecule has 0 spiro atoms. The first-order valence-electron chi connectivity index (χ1n) is 7.59. The van der Waals surface area contributed by atoms with Crippen molar-refractivity contribution in [1.82, 2.24) is 24.7 Å². The average molecular weight is 366 g/mol. The molecule has 3 rings (SSSR count). The zero-order chi connectivity index (χ0) is 17.8. The van der Waals surface area contributed by atoms with Crippen LogP contribution < -0.4 is 10.0 Å². The van der Waals surface area contributed by atoms with Crippen LogP contribution in [0.15, 0.2) is 24.7 Å². The maximum atomic E-state index is 13.9. The van der Waals surface area contributed by atoms with Crippen molar-refractivity contribution in [1.29, 1.82) is 0 Å². The number of pyridine rings is 1. The Balaban J connectivity index is 1.82. The molecule has 1 atom stereocenters. The molecule has 0 amide bonds. The fourth-order valence-corrected chi connectivity index (χ4v) is 3.03. The van der Waals surface area contributed by atoms with Crippen LogP contribution in [0.5, 0.6) is 0 Å². The van der Waals surface area contributed by atoms with Crippen LogP contribution in [0, 0.1) is 11.6 Å². The minimum absolute atomic E-state index is 0.00258. The maximum Gasteiger partial charge on any atom is 0.183 e. The molecule has 3 N–H and O–H groups in total.